The first-order valence-electron chi connectivity index (χ1n) is 6.04. The number of rotatable bonds is 7. The molecule has 0 saturated heterocycles. The SMILES string of the molecule is CCOC(=O)COc1c(Br)cc(C=CC(=O)O)cc1OC. The van der Waals surface area contributed by atoms with Crippen molar-refractivity contribution in [1.82, 2.24) is 0 Å². The van der Waals surface area contributed by atoms with E-state index in [2.05, 4.69) is 15.9 Å². The number of carbonyl (C=O) groups is 2. The van der Waals surface area contributed by atoms with Crippen molar-refractivity contribution >= 4 is 33.9 Å². The van der Waals surface area contributed by atoms with Crippen molar-refractivity contribution in [3.63, 3.8) is 0 Å². The largest absolute Gasteiger partial charge is 0.493 e. The third-order valence-corrected chi connectivity index (χ3v) is 2.90. The van der Waals surface area contributed by atoms with E-state index in [0.717, 1.165) is 6.08 Å². The fourth-order valence-electron chi connectivity index (χ4n) is 1.48. The Morgan fingerprint density at radius 2 is 2.10 bits per heavy atom. The van der Waals surface area contributed by atoms with Gasteiger partial charge in [0, 0.05) is 6.08 Å². The van der Waals surface area contributed by atoms with Gasteiger partial charge in [0.05, 0.1) is 18.2 Å². The fourth-order valence-corrected chi connectivity index (χ4v) is 2.05. The van der Waals surface area contributed by atoms with Gasteiger partial charge in [0.25, 0.3) is 0 Å². The third kappa shape index (κ3) is 5.47. The number of esters is 1. The highest BCUT2D eigenvalue weighted by Gasteiger charge is 2.13. The van der Waals surface area contributed by atoms with Gasteiger partial charge in [-0.2, -0.15) is 0 Å². The highest BCUT2D eigenvalue weighted by molar-refractivity contribution is 9.10. The summed E-state index contributed by atoms with van der Waals surface area (Å²) in [5.41, 5.74) is 0.615. The van der Waals surface area contributed by atoms with Crippen LogP contribution in [0.25, 0.3) is 6.08 Å². The van der Waals surface area contributed by atoms with Crippen LogP contribution >= 0.6 is 15.9 Å². The minimum Gasteiger partial charge on any atom is -0.493 e. The maximum atomic E-state index is 11.3. The van der Waals surface area contributed by atoms with Crippen LogP contribution in [0.3, 0.4) is 0 Å². The number of carbonyl (C=O) groups excluding carboxylic acids is 1. The predicted molar refractivity (Wildman–Crippen MR) is 79.5 cm³/mol. The molecule has 0 unspecified atom stereocenters. The molecule has 114 valence electrons. The number of hydrogen-bond donors (Lipinski definition) is 1. The number of benzene rings is 1. The van der Waals surface area contributed by atoms with Crippen LogP contribution in [0.15, 0.2) is 22.7 Å². The number of carboxylic acids is 1. The molecule has 1 aromatic carbocycles. The first-order valence-corrected chi connectivity index (χ1v) is 6.84. The molecule has 1 rings (SSSR count). The van der Waals surface area contributed by atoms with Gasteiger partial charge < -0.3 is 19.3 Å². The topological polar surface area (TPSA) is 82.1 Å². The van der Waals surface area contributed by atoms with E-state index in [1.54, 1.807) is 19.1 Å². The maximum absolute atomic E-state index is 11.3. The molecule has 0 aromatic heterocycles. The van der Waals surface area contributed by atoms with Crippen molar-refractivity contribution < 1.29 is 28.9 Å². The summed E-state index contributed by atoms with van der Waals surface area (Å²) < 4.78 is 15.9. The Morgan fingerprint density at radius 1 is 1.38 bits per heavy atom. The van der Waals surface area contributed by atoms with Gasteiger partial charge in [-0.3, -0.25) is 0 Å². The van der Waals surface area contributed by atoms with Gasteiger partial charge in [0.15, 0.2) is 18.1 Å². The zero-order chi connectivity index (χ0) is 15.8. The number of ether oxygens (including phenoxy) is 3. The Bertz CT molecular complexity index is 553. The van der Waals surface area contributed by atoms with Gasteiger partial charge in [-0.05, 0) is 46.6 Å². The number of aliphatic carboxylic acids is 1. The summed E-state index contributed by atoms with van der Waals surface area (Å²) in [7, 11) is 1.45. The second kappa shape index (κ2) is 8.31. The summed E-state index contributed by atoms with van der Waals surface area (Å²) in [4.78, 5) is 21.8. The quantitative estimate of drug-likeness (QED) is 0.595. The van der Waals surface area contributed by atoms with E-state index in [9.17, 15) is 9.59 Å². The minimum atomic E-state index is -1.05. The average Bonchev–Trinajstić information content (AvgIpc) is 2.43. The lowest BCUT2D eigenvalue weighted by molar-refractivity contribution is -0.145. The van der Waals surface area contributed by atoms with Crippen molar-refractivity contribution in [2.45, 2.75) is 6.92 Å². The van der Waals surface area contributed by atoms with Crippen molar-refractivity contribution in [3.05, 3.63) is 28.2 Å². The van der Waals surface area contributed by atoms with Crippen LogP contribution in [0.2, 0.25) is 0 Å². The molecule has 0 heterocycles. The van der Waals surface area contributed by atoms with E-state index in [-0.39, 0.29) is 13.2 Å². The highest BCUT2D eigenvalue weighted by atomic mass is 79.9. The molecule has 0 radical (unpaired) electrons. The molecular weight excluding hydrogens is 344 g/mol. The molecule has 0 bridgehead atoms. The lowest BCUT2D eigenvalue weighted by atomic mass is 10.2. The van der Waals surface area contributed by atoms with E-state index >= 15 is 0 Å². The molecule has 0 atom stereocenters. The standard InChI is InChI=1S/C14H15BrO6/c1-3-20-13(18)8-21-14-10(15)6-9(4-5-12(16)17)7-11(14)19-2/h4-7H,3,8H2,1-2H3,(H,16,17). The van der Waals surface area contributed by atoms with Gasteiger partial charge >= 0.3 is 11.9 Å². The number of halogens is 1. The number of carboxylic acid groups (broad SMARTS) is 1. The maximum Gasteiger partial charge on any atom is 0.344 e. The predicted octanol–water partition coefficient (Wildman–Crippen LogP) is 2.50. The lowest BCUT2D eigenvalue weighted by Gasteiger charge is -2.13. The lowest BCUT2D eigenvalue weighted by Crippen LogP contribution is -2.15. The Hall–Kier alpha value is -2.02. The molecule has 0 saturated carbocycles. The molecule has 0 spiro atoms. The van der Waals surface area contributed by atoms with E-state index in [0.29, 0.717) is 21.5 Å². The summed E-state index contributed by atoms with van der Waals surface area (Å²) in [5.74, 6) is -0.814. The van der Waals surface area contributed by atoms with Crippen molar-refractivity contribution in [3.8, 4) is 11.5 Å². The Kier molecular flexibility index (Phi) is 6.74. The van der Waals surface area contributed by atoms with Crippen LogP contribution in [-0.2, 0) is 14.3 Å². The molecule has 0 amide bonds. The van der Waals surface area contributed by atoms with Crippen LogP contribution in [-0.4, -0.2) is 37.4 Å². The fraction of sp³-hybridized carbons (Fsp3) is 0.286. The molecule has 1 N–H and O–H groups in total. The normalized spacial score (nSPS) is 10.4. The van der Waals surface area contributed by atoms with Crippen molar-refractivity contribution in [2.24, 2.45) is 0 Å². The first kappa shape index (κ1) is 17.0. The van der Waals surface area contributed by atoms with Gasteiger partial charge in [-0.1, -0.05) is 0 Å². The summed E-state index contributed by atoms with van der Waals surface area (Å²) >= 11 is 3.30. The van der Waals surface area contributed by atoms with Crippen LogP contribution in [0.5, 0.6) is 11.5 Å². The average molecular weight is 359 g/mol. The van der Waals surface area contributed by atoms with E-state index in [1.807, 2.05) is 0 Å². The summed E-state index contributed by atoms with van der Waals surface area (Å²) in [5, 5.41) is 8.62. The van der Waals surface area contributed by atoms with Gasteiger partial charge in [-0.15, -0.1) is 0 Å². The molecule has 0 fully saturated rings. The molecule has 0 aliphatic rings. The number of hydrogen-bond acceptors (Lipinski definition) is 5. The summed E-state index contributed by atoms with van der Waals surface area (Å²) in [6.07, 6.45) is 2.44. The van der Waals surface area contributed by atoms with Gasteiger partial charge in [0.1, 0.15) is 0 Å². The zero-order valence-corrected chi connectivity index (χ0v) is 13.2. The summed E-state index contributed by atoms with van der Waals surface area (Å²) in [6, 6.07) is 3.26. The van der Waals surface area contributed by atoms with Gasteiger partial charge in [-0.25, -0.2) is 9.59 Å². The molecule has 0 aliphatic carbocycles. The second-order valence-corrected chi connectivity index (χ2v) is 4.65. The van der Waals surface area contributed by atoms with Crippen LogP contribution in [0.4, 0.5) is 0 Å². The van der Waals surface area contributed by atoms with E-state index in [1.165, 1.54) is 13.2 Å². The summed E-state index contributed by atoms with van der Waals surface area (Å²) in [6.45, 7) is 1.74. The van der Waals surface area contributed by atoms with Crippen LogP contribution in [0.1, 0.15) is 12.5 Å². The Labute approximate surface area is 130 Å². The van der Waals surface area contributed by atoms with Crippen molar-refractivity contribution in [1.29, 1.82) is 0 Å². The smallest absolute Gasteiger partial charge is 0.344 e. The molecule has 21 heavy (non-hydrogen) atoms. The van der Waals surface area contributed by atoms with Crippen LogP contribution in [0, 0.1) is 0 Å². The molecule has 7 heteroatoms. The van der Waals surface area contributed by atoms with Gasteiger partial charge in [0.2, 0.25) is 0 Å². The first-order chi connectivity index (χ1) is 9.97. The molecule has 0 aliphatic heterocycles. The minimum absolute atomic E-state index is 0.243. The second-order valence-electron chi connectivity index (χ2n) is 3.80. The monoisotopic (exact) mass is 358 g/mol. The van der Waals surface area contributed by atoms with E-state index < -0.39 is 11.9 Å². The zero-order valence-electron chi connectivity index (χ0n) is 11.6. The van der Waals surface area contributed by atoms with Crippen LogP contribution < -0.4 is 9.47 Å². The van der Waals surface area contributed by atoms with Crippen molar-refractivity contribution in [2.75, 3.05) is 20.3 Å². The highest BCUT2D eigenvalue weighted by Crippen LogP contribution is 2.37. The molecular formula is C14H15BrO6. The molecule has 6 nitrogen and oxygen atoms in total. The Morgan fingerprint density at radius 3 is 2.67 bits per heavy atom. The van der Waals surface area contributed by atoms with E-state index in [4.69, 9.17) is 19.3 Å². The third-order valence-electron chi connectivity index (χ3n) is 2.31. The molecule has 1 aromatic rings. The Balaban J connectivity index is 2.94. The number of methoxy groups -OCH3 is 1.